The van der Waals surface area contributed by atoms with E-state index in [-0.39, 0.29) is 0 Å². The van der Waals surface area contributed by atoms with Crippen LogP contribution in [0.4, 0.5) is 0 Å². The molecule has 0 spiro atoms. The van der Waals surface area contributed by atoms with Crippen molar-refractivity contribution in [3.63, 3.8) is 0 Å². The Morgan fingerprint density at radius 3 is 3.14 bits per heavy atom. The Morgan fingerprint density at radius 1 is 1.50 bits per heavy atom. The average Bonchev–Trinajstić information content (AvgIpc) is 2.30. The third-order valence-electron chi connectivity index (χ3n) is 2.34. The maximum Gasteiger partial charge on any atom is 0.213 e. The highest BCUT2D eigenvalue weighted by Crippen LogP contribution is 2.19. The van der Waals surface area contributed by atoms with Gasteiger partial charge < -0.3 is 10.1 Å². The molecule has 0 radical (unpaired) electrons. The monoisotopic (exact) mass is 190 g/mol. The van der Waals surface area contributed by atoms with Gasteiger partial charge in [0.1, 0.15) is 0 Å². The Labute approximate surface area is 83.8 Å². The van der Waals surface area contributed by atoms with Crippen LogP contribution in [0.5, 0.6) is 5.88 Å². The van der Waals surface area contributed by atoms with Crippen LogP contribution in [0.15, 0.2) is 24.4 Å². The van der Waals surface area contributed by atoms with E-state index in [4.69, 9.17) is 4.74 Å². The highest BCUT2D eigenvalue weighted by molar-refractivity contribution is 5.67. The van der Waals surface area contributed by atoms with Gasteiger partial charge in [0.25, 0.3) is 0 Å². The molecule has 1 aliphatic heterocycles. The highest BCUT2D eigenvalue weighted by Gasteiger charge is 2.06. The van der Waals surface area contributed by atoms with Crippen molar-refractivity contribution in [3.05, 3.63) is 30.0 Å². The molecule has 1 aromatic rings. The van der Waals surface area contributed by atoms with Crippen molar-refractivity contribution in [3.8, 4) is 5.88 Å². The minimum Gasteiger partial charge on any atom is -0.481 e. The zero-order valence-electron chi connectivity index (χ0n) is 8.29. The van der Waals surface area contributed by atoms with Crippen LogP contribution in [0, 0.1) is 0 Å². The number of nitrogens with zero attached hydrogens (tertiary/aromatic N) is 1. The molecule has 0 atom stereocenters. The molecule has 74 valence electrons. The molecule has 2 heterocycles. The summed E-state index contributed by atoms with van der Waals surface area (Å²) in [5.74, 6) is 0.675. The first-order valence-corrected chi connectivity index (χ1v) is 4.80. The van der Waals surface area contributed by atoms with Crippen LogP contribution < -0.4 is 10.1 Å². The summed E-state index contributed by atoms with van der Waals surface area (Å²) >= 11 is 0. The lowest BCUT2D eigenvalue weighted by atomic mass is 10.0. The molecule has 1 N–H and O–H groups in total. The molecule has 1 aliphatic rings. The summed E-state index contributed by atoms with van der Waals surface area (Å²) in [6.45, 7) is 2.01. The fourth-order valence-electron chi connectivity index (χ4n) is 1.58. The summed E-state index contributed by atoms with van der Waals surface area (Å²) in [7, 11) is 1.64. The normalized spacial score (nSPS) is 16.2. The van der Waals surface area contributed by atoms with Crippen LogP contribution >= 0.6 is 0 Å². The van der Waals surface area contributed by atoms with Gasteiger partial charge in [-0.05, 0) is 30.2 Å². The second-order valence-corrected chi connectivity index (χ2v) is 3.28. The highest BCUT2D eigenvalue weighted by atomic mass is 16.5. The Balaban J connectivity index is 2.26. The molecule has 0 saturated carbocycles. The first-order chi connectivity index (χ1) is 6.90. The van der Waals surface area contributed by atoms with Crippen LogP contribution in [0.25, 0.3) is 5.57 Å². The van der Waals surface area contributed by atoms with Crippen molar-refractivity contribution in [2.75, 3.05) is 20.2 Å². The summed E-state index contributed by atoms with van der Waals surface area (Å²) in [6, 6.07) is 3.99. The molecule has 0 aliphatic carbocycles. The molecular formula is C11H14N2O. The fourth-order valence-corrected chi connectivity index (χ4v) is 1.58. The van der Waals surface area contributed by atoms with Crippen molar-refractivity contribution in [1.82, 2.24) is 10.3 Å². The number of hydrogen-bond acceptors (Lipinski definition) is 3. The zero-order valence-corrected chi connectivity index (χ0v) is 8.29. The van der Waals surface area contributed by atoms with Crippen molar-refractivity contribution in [1.29, 1.82) is 0 Å². The largest absolute Gasteiger partial charge is 0.481 e. The molecule has 0 amide bonds. The van der Waals surface area contributed by atoms with E-state index in [2.05, 4.69) is 16.4 Å². The SMILES string of the molecule is COc1cc(C2=CCCNC2)ccn1. The van der Waals surface area contributed by atoms with E-state index in [1.54, 1.807) is 13.3 Å². The lowest BCUT2D eigenvalue weighted by molar-refractivity contribution is 0.397. The summed E-state index contributed by atoms with van der Waals surface area (Å²) in [5.41, 5.74) is 2.53. The maximum atomic E-state index is 5.09. The van der Waals surface area contributed by atoms with E-state index in [1.165, 1.54) is 11.1 Å². The summed E-state index contributed by atoms with van der Waals surface area (Å²) in [6.07, 6.45) is 5.15. The van der Waals surface area contributed by atoms with Crippen LogP contribution in [0.1, 0.15) is 12.0 Å². The standard InChI is InChI=1S/C11H14N2O/c1-14-11-7-9(4-6-13-11)10-3-2-5-12-8-10/h3-4,6-7,12H,2,5,8H2,1H3. The van der Waals surface area contributed by atoms with E-state index >= 15 is 0 Å². The summed E-state index contributed by atoms with van der Waals surface area (Å²) < 4.78 is 5.09. The van der Waals surface area contributed by atoms with E-state index in [9.17, 15) is 0 Å². The molecule has 3 heteroatoms. The zero-order chi connectivity index (χ0) is 9.80. The van der Waals surface area contributed by atoms with E-state index in [1.807, 2.05) is 12.1 Å². The number of aromatic nitrogens is 1. The Hall–Kier alpha value is -1.35. The number of hydrogen-bond donors (Lipinski definition) is 1. The molecular weight excluding hydrogens is 176 g/mol. The lowest BCUT2D eigenvalue weighted by Crippen LogP contribution is -2.21. The van der Waals surface area contributed by atoms with Gasteiger partial charge in [0.2, 0.25) is 5.88 Å². The second kappa shape index (κ2) is 4.24. The lowest BCUT2D eigenvalue weighted by Gasteiger charge is -2.14. The van der Waals surface area contributed by atoms with E-state index < -0.39 is 0 Å². The molecule has 0 saturated heterocycles. The molecule has 0 bridgehead atoms. The Bertz CT molecular complexity index is 347. The quantitative estimate of drug-likeness (QED) is 0.766. The van der Waals surface area contributed by atoms with E-state index in [0.717, 1.165) is 19.5 Å². The van der Waals surface area contributed by atoms with E-state index in [0.29, 0.717) is 5.88 Å². The first-order valence-electron chi connectivity index (χ1n) is 4.80. The van der Waals surface area contributed by atoms with Gasteiger partial charge in [0, 0.05) is 18.8 Å². The molecule has 0 unspecified atom stereocenters. The Morgan fingerprint density at radius 2 is 2.43 bits per heavy atom. The molecule has 1 aromatic heterocycles. The maximum absolute atomic E-state index is 5.09. The Kier molecular flexibility index (Phi) is 2.79. The number of rotatable bonds is 2. The second-order valence-electron chi connectivity index (χ2n) is 3.28. The molecule has 2 rings (SSSR count). The van der Waals surface area contributed by atoms with Gasteiger partial charge in [-0.25, -0.2) is 4.98 Å². The van der Waals surface area contributed by atoms with Crippen LogP contribution in [-0.2, 0) is 0 Å². The number of ether oxygens (including phenoxy) is 1. The minimum absolute atomic E-state index is 0.675. The number of methoxy groups -OCH3 is 1. The van der Waals surface area contributed by atoms with Crippen molar-refractivity contribution in [2.45, 2.75) is 6.42 Å². The first kappa shape index (κ1) is 9.21. The molecule has 0 aromatic carbocycles. The molecule has 0 fully saturated rings. The van der Waals surface area contributed by atoms with Gasteiger partial charge in [-0.2, -0.15) is 0 Å². The van der Waals surface area contributed by atoms with Crippen molar-refractivity contribution < 1.29 is 4.74 Å². The summed E-state index contributed by atoms with van der Waals surface area (Å²) in [5, 5.41) is 3.34. The predicted molar refractivity (Wildman–Crippen MR) is 56.3 cm³/mol. The number of pyridine rings is 1. The van der Waals surface area contributed by atoms with Gasteiger partial charge in [0.15, 0.2) is 0 Å². The summed E-state index contributed by atoms with van der Waals surface area (Å²) in [4.78, 5) is 4.08. The van der Waals surface area contributed by atoms with Crippen molar-refractivity contribution in [2.24, 2.45) is 0 Å². The third-order valence-corrected chi connectivity index (χ3v) is 2.34. The smallest absolute Gasteiger partial charge is 0.213 e. The van der Waals surface area contributed by atoms with Gasteiger partial charge >= 0.3 is 0 Å². The molecule has 3 nitrogen and oxygen atoms in total. The average molecular weight is 190 g/mol. The number of nitrogens with one attached hydrogen (secondary N) is 1. The topological polar surface area (TPSA) is 34.1 Å². The van der Waals surface area contributed by atoms with Crippen molar-refractivity contribution >= 4 is 5.57 Å². The molecule has 14 heavy (non-hydrogen) atoms. The van der Waals surface area contributed by atoms with Gasteiger partial charge in [0.05, 0.1) is 7.11 Å². The van der Waals surface area contributed by atoms with Crippen LogP contribution in [-0.4, -0.2) is 25.2 Å². The van der Waals surface area contributed by atoms with Crippen LogP contribution in [0.3, 0.4) is 0 Å². The van der Waals surface area contributed by atoms with Crippen LogP contribution in [0.2, 0.25) is 0 Å². The fraction of sp³-hybridized carbons (Fsp3) is 0.364. The minimum atomic E-state index is 0.675. The van der Waals surface area contributed by atoms with Gasteiger partial charge in [-0.3, -0.25) is 0 Å². The third kappa shape index (κ3) is 1.93. The van der Waals surface area contributed by atoms with Gasteiger partial charge in [-0.15, -0.1) is 0 Å². The van der Waals surface area contributed by atoms with Gasteiger partial charge in [-0.1, -0.05) is 6.08 Å². The predicted octanol–water partition coefficient (Wildman–Crippen LogP) is 1.47.